The van der Waals surface area contributed by atoms with Gasteiger partial charge in [0.1, 0.15) is 22.9 Å². The van der Waals surface area contributed by atoms with Crippen molar-refractivity contribution in [2.75, 3.05) is 6.54 Å². The molecule has 0 aromatic carbocycles. The predicted molar refractivity (Wildman–Crippen MR) is 104 cm³/mol. The number of hydrogen-bond acceptors (Lipinski definition) is 5. The van der Waals surface area contributed by atoms with Crippen molar-refractivity contribution in [3.8, 4) is 0 Å². The summed E-state index contributed by atoms with van der Waals surface area (Å²) >= 11 is 0. The average molecular weight is 388 g/mol. The van der Waals surface area contributed by atoms with Gasteiger partial charge in [0.2, 0.25) is 5.91 Å². The van der Waals surface area contributed by atoms with Gasteiger partial charge < -0.3 is 9.32 Å². The van der Waals surface area contributed by atoms with Gasteiger partial charge in [-0.15, -0.1) is 0 Å². The van der Waals surface area contributed by atoms with E-state index in [1.807, 2.05) is 24.0 Å². The zero-order valence-electron chi connectivity index (χ0n) is 16.8. The van der Waals surface area contributed by atoms with Crippen molar-refractivity contribution in [1.29, 1.82) is 0 Å². The third kappa shape index (κ3) is 4.10. The van der Waals surface area contributed by atoms with Crippen LogP contribution in [0.3, 0.4) is 0 Å². The Bertz CT molecular complexity index is 855. The zero-order chi connectivity index (χ0) is 20.3. The minimum absolute atomic E-state index is 0.0304. The largest absolute Gasteiger partial charge is 0.464 e. The molecule has 2 aromatic rings. The van der Waals surface area contributed by atoms with Gasteiger partial charge in [-0.05, 0) is 38.8 Å². The second-order valence-corrected chi connectivity index (χ2v) is 7.36. The first kappa shape index (κ1) is 20.1. The summed E-state index contributed by atoms with van der Waals surface area (Å²) in [5, 5.41) is 15.4. The fraction of sp³-hybridized carbons (Fsp3) is 0.600. The highest BCUT2D eigenvalue weighted by molar-refractivity contribution is 5.76. The summed E-state index contributed by atoms with van der Waals surface area (Å²) in [5.74, 6) is 1.83. The number of carbonyl (C=O) groups is 1. The van der Waals surface area contributed by atoms with Gasteiger partial charge in [0.25, 0.3) is 0 Å². The third-order valence-electron chi connectivity index (χ3n) is 5.50. The molecule has 3 heterocycles. The Morgan fingerprint density at radius 1 is 1.32 bits per heavy atom. The topological polar surface area (TPSA) is 94.4 Å². The van der Waals surface area contributed by atoms with Crippen molar-refractivity contribution in [1.82, 2.24) is 14.7 Å². The van der Waals surface area contributed by atoms with Crippen LogP contribution in [0.2, 0.25) is 0 Å². The molecule has 1 amide bonds. The van der Waals surface area contributed by atoms with Crippen LogP contribution in [-0.4, -0.2) is 32.1 Å². The van der Waals surface area contributed by atoms with E-state index in [2.05, 4.69) is 5.10 Å². The van der Waals surface area contributed by atoms with Crippen LogP contribution in [0.5, 0.6) is 0 Å². The molecule has 1 unspecified atom stereocenters. The smallest absolute Gasteiger partial charge is 0.312 e. The van der Waals surface area contributed by atoms with Gasteiger partial charge in [0.05, 0.1) is 17.5 Å². The van der Waals surface area contributed by atoms with E-state index in [1.54, 1.807) is 18.5 Å². The van der Waals surface area contributed by atoms with Gasteiger partial charge >= 0.3 is 5.69 Å². The summed E-state index contributed by atoms with van der Waals surface area (Å²) in [6, 6.07) is 3.93. The Hall–Kier alpha value is -2.64. The van der Waals surface area contributed by atoms with E-state index in [4.69, 9.17) is 4.42 Å². The van der Waals surface area contributed by atoms with E-state index < -0.39 is 4.92 Å². The molecule has 0 saturated carbocycles. The standard InChI is InChI=1S/C20H28N4O4/c1-4-16-9-10-18(28-16)17-8-6-5-7-12-22(17)19(25)11-13-23-15(3)20(24(26)27)14(2)21-23/h9-10,17H,4-8,11-13H2,1-3H3. The first-order valence-electron chi connectivity index (χ1n) is 9.98. The maximum Gasteiger partial charge on any atom is 0.312 e. The number of aryl methyl sites for hydroxylation is 3. The number of carbonyl (C=O) groups excluding carboxylic acids is 1. The van der Waals surface area contributed by atoms with E-state index in [-0.39, 0.29) is 24.1 Å². The quantitative estimate of drug-likeness (QED) is 0.548. The number of nitrogens with zero attached hydrogens (tertiary/aromatic N) is 4. The van der Waals surface area contributed by atoms with Crippen molar-refractivity contribution in [2.45, 2.75) is 71.9 Å². The lowest BCUT2D eigenvalue weighted by Gasteiger charge is -2.29. The van der Waals surface area contributed by atoms with Crippen LogP contribution in [0, 0.1) is 24.0 Å². The summed E-state index contributed by atoms with van der Waals surface area (Å²) in [7, 11) is 0. The van der Waals surface area contributed by atoms with Crippen LogP contribution in [0.25, 0.3) is 0 Å². The Labute approximate surface area is 164 Å². The molecule has 0 radical (unpaired) electrons. The number of rotatable bonds is 6. The number of nitro groups is 1. The number of aromatic nitrogens is 2. The molecule has 0 bridgehead atoms. The molecule has 1 aliphatic heterocycles. The summed E-state index contributed by atoms with van der Waals surface area (Å²) in [6.45, 7) is 6.39. The first-order valence-corrected chi connectivity index (χ1v) is 9.98. The summed E-state index contributed by atoms with van der Waals surface area (Å²) < 4.78 is 7.52. The Kier molecular flexibility index (Phi) is 6.16. The van der Waals surface area contributed by atoms with Gasteiger partial charge in [0, 0.05) is 19.4 Å². The van der Waals surface area contributed by atoms with E-state index >= 15 is 0 Å². The van der Waals surface area contributed by atoms with E-state index in [9.17, 15) is 14.9 Å². The fourth-order valence-electron chi connectivity index (χ4n) is 3.98. The van der Waals surface area contributed by atoms with Crippen molar-refractivity contribution < 1.29 is 14.1 Å². The molecule has 3 rings (SSSR count). The van der Waals surface area contributed by atoms with E-state index in [0.717, 1.165) is 43.6 Å². The Morgan fingerprint density at radius 2 is 2.11 bits per heavy atom. The van der Waals surface area contributed by atoms with Gasteiger partial charge in [-0.1, -0.05) is 19.8 Å². The number of likely N-dealkylation sites (tertiary alicyclic amines) is 1. The minimum Gasteiger partial charge on any atom is -0.464 e. The Balaban J connectivity index is 1.74. The molecule has 1 atom stereocenters. The van der Waals surface area contributed by atoms with Crippen molar-refractivity contribution in [3.63, 3.8) is 0 Å². The van der Waals surface area contributed by atoms with E-state index in [0.29, 0.717) is 24.5 Å². The SMILES string of the molecule is CCc1ccc(C2CCCCCN2C(=O)CCn2nc(C)c([N+](=O)[O-])c2C)o1. The molecule has 8 nitrogen and oxygen atoms in total. The molecule has 1 fully saturated rings. The average Bonchev–Trinajstić information content (AvgIpc) is 3.15. The molecule has 0 N–H and O–H groups in total. The van der Waals surface area contributed by atoms with E-state index in [1.165, 1.54) is 0 Å². The second kappa shape index (κ2) is 8.58. The lowest BCUT2D eigenvalue weighted by molar-refractivity contribution is -0.386. The molecule has 1 aliphatic rings. The molecular weight excluding hydrogens is 360 g/mol. The van der Waals surface area contributed by atoms with Crippen molar-refractivity contribution in [2.24, 2.45) is 0 Å². The number of furan rings is 1. The van der Waals surface area contributed by atoms with Crippen LogP contribution >= 0.6 is 0 Å². The lowest BCUT2D eigenvalue weighted by Crippen LogP contribution is -2.35. The van der Waals surface area contributed by atoms with Gasteiger partial charge in [-0.25, -0.2) is 0 Å². The minimum atomic E-state index is -0.414. The number of amides is 1. The maximum absolute atomic E-state index is 13.0. The van der Waals surface area contributed by atoms with Crippen molar-refractivity contribution in [3.05, 3.63) is 45.2 Å². The van der Waals surface area contributed by atoms with Crippen molar-refractivity contribution >= 4 is 11.6 Å². The van der Waals surface area contributed by atoms with Crippen LogP contribution in [0.15, 0.2) is 16.5 Å². The number of hydrogen-bond donors (Lipinski definition) is 0. The summed E-state index contributed by atoms with van der Waals surface area (Å²) in [4.78, 5) is 25.7. The first-order chi connectivity index (χ1) is 13.4. The monoisotopic (exact) mass is 388 g/mol. The summed E-state index contributed by atoms with van der Waals surface area (Å²) in [6.07, 6.45) is 5.14. The van der Waals surface area contributed by atoms with Gasteiger partial charge in [0.15, 0.2) is 0 Å². The highest BCUT2D eigenvalue weighted by Crippen LogP contribution is 2.32. The highest BCUT2D eigenvalue weighted by Gasteiger charge is 2.29. The summed E-state index contributed by atoms with van der Waals surface area (Å²) in [5.41, 5.74) is 0.898. The zero-order valence-corrected chi connectivity index (χ0v) is 16.8. The third-order valence-corrected chi connectivity index (χ3v) is 5.50. The maximum atomic E-state index is 13.0. The molecular formula is C20H28N4O4. The Morgan fingerprint density at radius 3 is 2.75 bits per heavy atom. The molecule has 152 valence electrons. The molecule has 2 aromatic heterocycles. The lowest BCUT2D eigenvalue weighted by atomic mass is 10.1. The molecule has 0 spiro atoms. The van der Waals surface area contributed by atoms with Crippen LogP contribution in [0.1, 0.15) is 68.0 Å². The molecule has 0 aliphatic carbocycles. The van der Waals surface area contributed by atoms with Crippen LogP contribution in [-0.2, 0) is 17.8 Å². The molecule has 1 saturated heterocycles. The molecule has 28 heavy (non-hydrogen) atoms. The molecule has 8 heteroatoms. The van der Waals surface area contributed by atoms with Crippen LogP contribution < -0.4 is 0 Å². The van der Waals surface area contributed by atoms with Gasteiger partial charge in [-0.2, -0.15) is 5.10 Å². The fourth-order valence-corrected chi connectivity index (χ4v) is 3.98. The highest BCUT2D eigenvalue weighted by atomic mass is 16.6. The normalized spacial score (nSPS) is 17.5. The predicted octanol–water partition coefficient (Wildman–Crippen LogP) is 4.10. The second-order valence-electron chi connectivity index (χ2n) is 7.36. The van der Waals surface area contributed by atoms with Gasteiger partial charge in [-0.3, -0.25) is 19.6 Å². The van der Waals surface area contributed by atoms with Crippen LogP contribution in [0.4, 0.5) is 5.69 Å².